The van der Waals surface area contributed by atoms with Gasteiger partial charge in [-0.1, -0.05) is 11.4 Å². The van der Waals surface area contributed by atoms with Crippen LogP contribution in [0.5, 0.6) is 0 Å². The minimum absolute atomic E-state index is 0.168. The van der Waals surface area contributed by atoms with Crippen molar-refractivity contribution in [1.82, 2.24) is 29.7 Å². The Morgan fingerprint density at radius 2 is 2.10 bits per heavy atom. The van der Waals surface area contributed by atoms with Crippen LogP contribution in [0.2, 0.25) is 0 Å². The molecule has 0 saturated carbocycles. The molecule has 0 bridgehead atoms. The predicted molar refractivity (Wildman–Crippen MR) is 117 cm³/mol. The first kappa shape index (κ1) is 21.6. The highest BCUT2D eigenvalue weighted by Crippen LogP contribution is 2.31. The smallest absolute Gasteiger partial charge is 0.349 e. The van der Waals surface area contributed by atoms with Crippen LogP contribution < -0.4 is 10.6 Å². The maximum absolute atomic E-state index is 11.3. The van der Waals surface area contributed by atoms with Crippen molar-refractivity contribution in [3.63, 3.8) is 0 Å². The molecule has 0 amide bonds. The van der Waals surface area contributed by atoms with E-state index in [2.05, 4.69) is 39.2 Å². The predicted octanol–water partition coefficient (Wildman–Crippen LogP) is 2.44. The number of pyridine rings is 1. The molecule has 0 spiro atoms. The standard InChI is InChI=1S/C20H27N7O3S/c1-3-15-13(9-21-11-16-18(20(28)29)31-26-25-16)17(23-12-5-7-30-8-6-12)14-10-22-27(4-2)19(14)24-15/h10,12,21H,3-9,11H2,1-2H3,(H,23,24)(H,28,29). The average molecular weight is 446 g/mol. The van der Waals surface area contributed by atoms with Crippen molar-refractivity contribution in [2.24, 2.45) is 0 Å². The Bertz CT molecular complexity index is 1060. The summed E-state index contributed by atoms with van der Waals surface area (Å²) in [5.74, 6) is -1.00. The van der Waals surface area contributed by atoms with Crippen LogP contribution >= 0.6 is 11.5 Å². The Morgan fingerprint density at radius 3 is 2.81 bits per heavy atom. The molecule has 0 aliphatic carbocycles. The van der Waals surface area contributed by atoms with E-state index in [9.17, 15) is 9.90 Å². The summed E-state index contributed by atoms with van der Waals surface area (Å²) in [4.78, 5) is 16.4. The molecule has 3 aromatic rings. The van der Waals surface area contributed by atoms with Crippen molar-refractivity contribution in [1.29, 1.82) is 0 Å². The van der Waals surface area contributed by atoms with Crippen LogP contribution in [-0.4, -0.2) is 54.7 Å². The number of carbonyl (C=O) groups is 1. The molecule has 1 fully saturated rings. The third kappa shape index (κ3) is 4.53. The Hall–Kier alpha value is -2.63. The van der Waals surface area contributed by atoms with E-state index in [0.29, 0.717) is 24.8 Å². The lowest BCUT2D eigenvalue weighted by atomic mass is 10.0. The number of aryl methyl sites for hydroxylation is 2. The Labute approximate surface area is 184 Å². The van der Waals surface area contributed by atoms with Gasteiger partial charge in [0.15, 0.2) is 10.5 Å². The van der Waals surface area contributed by atoms with Gasteiger partial charge < -0.3 is 20.5 Å². The first-order chi connectivity index (χ1) is 15.1. The number of rotatable bonds is 9. The number of aromatic carboxylic acids is 1. The highest BCUT2D eigenvalue weighted by molar-refractivity contribution is 7.07. The molecule has 0 unspecified atom stereocenters. The molecular weight excluding hydrogens is 418 g/mol. The number of anilines is 1. The zero-order valence-electron chi connectivity index (χ0n) is 17.7. The van der Waals surface area contributed by atoms with E-state index in [1.165, 1.54) is 0 Å². The Balaban J connectivity index is 1.65. The lowest BCUT2D eigenvalue weighted by Gasteiger charge is -2.26. The second-order valence-corrected chi connectivity index (χ2v) is 8.21. The molecule has 1 saturated heterocycles. The summed E-state index contributed by atoms with van der Waals surface area (Å²) >= 11 is 0.897. The van der Waals surface area contributed by atoms with E-state index < -0.39 is 5.97 Å². The van der Waals surface area contributed by atoms with Gasteiger partial charge in [-0.3, -0.25) is 0 Å². The van der Waals surface area contributed by atoms with Gasteiger partial charge in [0.05, 0.1) is 17.3 Å². The van der Waals surface area contributed by atoms with Gasteiger partial charge in [-0.15, -0.1) is 5.10 Å². The van der Waals surface area contributed by atoms with Crippen molar-refractivity contribution in [2.45, 2.75) is 58.8 Å². The SMILES string of the molecule is CCc1nc2c(cnn2CC)c(NC2CCOCC2)c1CNCc1nnsc1C(=O)O. The first-order valence-corrected chi connectivity index (χ1v) is 11.4. The van der Waals surface area contributed by atoms with E-state index in [-0.39, 0.29) is 4.88 Å². The van der Waals surface area contributed by atoms with E-state index in [4.69, 9.17) is 9.72 Å². The minimum Gasteiger partial charge on any atom is -0.477 e. The van der Waals surface area contributed by atoms with Crippen molar-refractivity contribution in [3.8, 4) is 0 Å². The maximum atomic E-state index is 11.3. The number of nitrogens with zero attached hydrogens (tertiary/aromatic N) is 5. The number of carboxylic acid groups (broad SMARTS) is 1. The quantitative estimate of drug-likeness (QED) is 0.455. The molecule has 0 radical (unpaired) electrons. The number of hydrogen-bond donors (Lipinski definition) is 3. The molecule has 0 atom stereocenters. The third-order valence-corrected chi connectivity index (χ3v) is 6.28. The lowest BCUT2D eigenvalue weighted by Crippen LogP contribution is -2.29. The summed E-state index contributed by atoms with van der Waals surface area (Å²) in [6.45, 7) is 7.27. The summed E-state index contributed by atoms with van der Waals surface area (Å²) in [6.07, 6.45) is 4.56. The van der Waals surface area contributed by atoms with Gasteiger partial charge in [-0.05, 0) is 37.7 Å². The van der Waals surface area contributed by atoms with E-state index >= 15 is 0 Å². The van der Waals surface area contributed by atoms with Crippen LogP contribution in [0.3, 0.4) is 0 Å². The van der Waals surface area contributed by atoms with Crippen LogP contribution in [0, 0.1) is 0 Å². The van der Waals surface area contributed by atoms with Gasteiger partial charge in [-0.2, -0.15) is 5.10 Å². The molecule has 3 N–H and O–H groups in total. The lowest BCUT2D eigenvalue weighted by molar-refractivity contribution is 0.0700. The molecule has 31 heavy (non-hydrogen) atoms. The number of fused-ring (bicyclic) bond motifs is 1. The summed E-state index contributed by atoms with van der Waals surface area (Å²) in [6, 6.07) is 0.328. The van der Waals surface area contributed by atoms with Crippen LogP contribution in [-0.2, 0) is 30.8 Å². The summed E-state index contributed by atoms with van der Waals surface area (Å²) in [7, 11) is 0. The molecular formula is C20H27N7O3S. The normalized spacial score (nSPS) is 14.9. The largest absolute Gasteiger partial charge is 0.477 e. The van der Waals surface area contributed by atoms with Gasteiger partial charge in [0.1, 0.15) is 5.69 Å². The summed E-state index contributed by atoms with van der Waals surface area (Å²) in [5, 5.41) is 25.9. The fraction of sp³-hybridized carbons (Fsp3) is 0.550. The second kappa shape index (κ2) is 9.67. The van der Waals surface area contributed by atoms with E-state index in [1.807, 2.05) is 10.9 Å². The number of hydrogen-bond acceptors (Lipinski definition) is 9. The van der Waals surface area contributed by atoms with Crippen LogP contribution in [0.4, 0.5) is 5.69 Å². The highest BCUT2D eigenvalue weighted by Gasteiger charge is 2.22. The maximum Gasteiger partial charge on any atom is 0.349 e. The fourth-order valence-electron chi connectivity index (χ4n) is 3.89. The zero-order valence-corrected chi connectivity index (χ0v) is 18.5. The fourth-order valence-corrected chi connectivity index (χ4v) is 4.41. The van der Waals surface area contributed by atoms with Gasteiger partial charge in [-0.25, -0.2) is 14.5 Å². The molecule has 3 aromatic heterocycles. The second-order valence-electron chi connectivity index (χ2n) is 7.45. The number of carboxylic acids is 1. The van der Waals surface area contributed by atoms with Gasteiger partial charge in [0.25, 0.3) is 0 Å². The molecule has 0 aromatic carbocycles. The number of nitrogens with one attached hydrogen (secondary N) is 2. The van der Waals surface area contributed by atoms with E-state index in [0.717, 1.165) is 78.5 Å². The van der Waals surface area contributed by atoms with Gasteiger partial charge in [0, 0.05) is 50.1 Å². The first-order valence-electron chi connectivity index (χ1n) is 10.6. The van der Waals surface area contributed by atoms with Crippen molar-refractivity contribution in [2.75, 3.05) is 18.5 Å². The molecule has 11 heteroatoms. The van der Waals surface area contributed by atoms with Crippen molar-refractivity contribution >= 4 is 34.2 Å². The Kier molecular flexibility index (Phi) is 6.73. The van der Waals surface area contributed by atoms with Crippen molar-refractivity contribution < 1.29 is 14.6 Å². The van der Waals surface area contributed by atoms with Crippen molar-refractivity contribution in [3.05, 3.63) is 28.0 Å². The monoisotopic (exact) mass is 445 g/mol. The summed E-state index contributed by atoms with van der Waals surface area (Å²) < 4.78 is 11.2. The molecule has 1 aliphatic heterocycles. The van der Waals surface area contributed by atoms with Crippen LogP contribution in [0.15, 0.2) is 6.20 Å². The van der Waals surface area contributed by atoms with Gasteiger partial charge >= 0.3 is 5.97 Å². The van der Waals surface area contributed by atoms with E-state index in [1.54, 1.807) is 0 Å². The average Bonchev–Trinajstić information content (AvgIpc) is 3.42. The molecule has 166 valence electrons. The molecule has 4 rings (SSSR count). The number of ether oxygens (including phenoxy) is 1. The molecule has 10 nitrogen and oxygen atoms in total. The van der Waals surface area contributed by atoms with Gasteiger partial charge in [0.2, 0.25) is 0 Å². The van der Waals surface area contributed by atoms with Crippen LogP contribution in [0.25, 0.3) is 11.0 Å². The molecule has 1 aliphatic rings. The number of aromatic nitrogens is 5. The van der Waals surface area contributed by atoms with Crippen LogP contribution in [0.1, 0.15) is 53.3 Å². The Morgan fingerprint density at radius 1 is 1.29 bits per heavy atom. The minimum atomic E-state index is -1.00. The third-order valence-electron chi connectivity index (χ3n) is 5.52. The molecule has 4 heterocycles. The topological polar surface area (TPSA) is 127 Å². The zero-order chi connectivity index (χ0) is 21.8. The summed E-state index contributed by atoms with van der Waals surface area (Å²) in [5.41, 5.74) is 4.46. The highest BCUT2D eigenvalue weighted by atomic mass is 32.1.